The number of halogens is 1. The molecule has 36 heavy (non-hydrogen) atoms. The summed E-state index contributed by atoms with van der Waals surface area (Å²) in [5, 5.41) is 6.31. The fourth-order valence-electron chi connectivity index (χ4n) is 3.75. The summed E-state index contributed by atoms with van der Waals surface area (Å²) in [6, 6.07) is 17.2. The fraction of sp³-hybridized carbons (Fsp3) is 0.120. The number of benzene rings is 3. The van der Waals surface area contributed by atoms with E-state index < -0.39 is 0 Å². The molecule has 0 radical (unpaired) electrons. The van der Waals surface area contributed by atoms with Crippen LogP contribution in [0.1, 0.15) is 0 Å². The third kappa shape index (κ3) is 4.41. The highest BCUT2D eigenvalue weighted by Crippen LogP contribution is 2.40. The van der Waals surface area contributed by atoms with E-state index in [1.807, 2.05) is 24.3 Å². The normalized spacial score (nSPS) is 10.8. The zero-order valence-corrected chi connectivity index (χ0v) is 19.7. The molecule has 2 heterocycles. The van der Waals surface area contributed by atoms with Crippen molar-refractivity contribution in [2.75, 3.05) is 32.0 Å². The molecule has 5 aromatic rings. The summed E-state index contributed by atoms with van der Waals surface area (Å²) in [5.74, 6) is 2.09. The molecule has 10 nitrogen and oxygen atoms in total. The van der Waals surface area contributed by atoms with Gasteiger partial charge in [0, 0.05) is 23.5 Å². The summed E-state index contributed by atoms with van der Waals surface area (Å²) in [5.41, 5.74) is 2.64. The van der Waals surface area contributed by atoms with Crippen LogP contribution in [0, 0.1) is 5.82 Å². The molecule has 0 saturated heterocycles. The second-order valence-electron chi connectivity index (χ2n) is 7.54. The summed E-state index contributed by atoms with van der Waals surface area (Å²) in [7, 11) is 4.62. The molecule has 0 saturated carbocycles. The number of fused-ring (bicyclic) bond motifs is 1. The number of imidazole rings is 1. The molecule has 0 aliphatic heterocycles. The number of anilines is 4. The second kappa shape index (κ2) is 9.74. The van der Waals surface area contributed by atoms with E-state index in [0.717, 1.165) is 11.0 Å². The van der Waals surface area contributed by atoms with Crippen LogP contribution in [0.5, 0.6) is 17.2 Å². The first kappa shape index (κ1) is 22.8. The number of para-hydroxylation sites is 2. The van der Waals surface area contributed by atoms with Gasteiger partial charge in [0.15, 0.2) is 11.5 Å². The van der Waals surface area contributed by atoms with Gasteiger partial charge in [-0.2, -0.15) is 4.98 Å². The van der Waals surface area contributed by atoms with Crippen molar-refractivity contribution in [1.82, 2.24) is 24.5 Å². The average Bonchev–Trinajstić information content (AvgIpc) is 3.26. The maximum absolute atomic E-state index is 13.8. The highest BCUT2D eigenvalue weighted by molar-refractivity contribution is 5.81. The van der Waals surface area contributed by atoms with E-state index in [1.54, 1.807) is 43.1 Å². The molecule has 11 heteroatoms. The van der Waals surface area contributed by atoms with Crippen molar-refractivity contribution in [2.24, 2.45) is 0 Å². The van der Waals surface area contributed by atoms with Crippen molar-refractivity contribution in [1.29, 1.82) is 0 Å². The maximum Gasteiger partial charge on any atom is 0.241 e. The molecule has 0 unspecified atom stereocenters. The van der Waals surface area contributed by atoms with Crippen LogP contribution in [0.15, 0.2) is 67.0 Å². The molecular weight excluding hydrogens is 465 g/mol. The predicted octanol–water partition coefficient (Wildman–Crippen LogP) is 4.86. The molecule has 0 fully saturated rings. The van der Waals surface area contributed by atoms with Crippen LogP contribution in [0.4, 0.5) is 27.7 Å². The second-order valence-corrected chi connectivity index (χ2v) is 7.54. The zero-order valence-electron chi connectivity index (χ0n) is 19.7. The number of nitrogens with one attached hydrogen (secondary N) is 2. The van der Waals surface area contributed by atoms with E-state index in [-0.39, 0.29) is 11.8 Å². The molecule has 0 spiro atoms. The van der Waals surface area contributed by atoms with Gasteiger partial charge in [-0.25, -0.2) is 23.9 Å². The van der Waals surface area contributed by atoms with Crippen LogP contribution in [-0.2, 0) is 0 Å². The van der Waals surface area contributed by atoms with E-state index in [1.165, 1.54) is 25.6 Å². The highest BCUT2D eigenvalue weighted by atomic mass is 19.1. The standard InChI is InChI=1S/C25H22FN7O3/c1-34-20-12-17(13-21(35-2)22(20)36-3)29-23-27-14-28-24(32-23)33-19-10-5-4-9-18(19)31-25(33)30-16-8-6-7-15(26)11-16/h4-14H,1-3H3,(H,30,31)(H,27,28,29,32). The van der Waals surface area contributed by atoms with Gasteiger partial charge in [-0.05, 0) is 30.3 Å². The Kier molecular flexibility index (Phi) is 6.18. The van der Waals surface area contributed by atoms with E-state index in [0.29, 0.717) is 40.5 Å². The first-order valence-electron chi connectivity index (χ1n) is 10.9. The molecule has 5 rings (SSSR count). The van der Waals surface area contributed by atoms with E-state index in [2.05, 4.69) is 30.6 Å². The molecule has 2 N–H and O–H groups in total. The SMILES string of the molecule is COc1cc(Nc2ncnc(-n3c(Nc4cccc(F)c4)nc4ccccc43)n2)cc(OC)c1OC. The monoisotopic (exact) mass is 487 g/mol. The van der Waals surface area contributed by atoms with Crippen LogP contribution in [0.2, 0.25) is 0 Å². The lowest BCUT2D eigenvalue weighted by Crippen LogP contribution is -2.08. The van der Waals surface area contributed by atoms with E-state index in [9.17, 15) is 4.39 Å². The predicted molar refractivity (Wildman–Crippen MR) is 134 cm³/mol. The largest absolute Gasteiger partial charge is 0.493 e. The number of rotatable bonds is 8. The quantitative estimate of drug-likeness (QED) is 0.317. The lowest BCUT2D eigenvalue weighted by molar-refractivity contribution is 0.324. The van der Waals surface area contributed by atoms with Gasteiger partial charge in [-0.15, -0.1) is 0 Å². The molecule has 0 amide bonds. The number of aromatic nitrogens is 5. The van der Waals surface area contributed by atoms with Crippen LogP contribution in [0.3, 0.4) is 0 Å². The van der Waals surface area contributed by atoms with Crippen molar-refractivity contribution in [3.63, 3.8) is 0 Å². The van der Waals surface area contributed by atoms with Crippen LogP contribution in [-0.4, -0.2) is 45.8 Å². The van der Waals surface area contributed by atoms with Crippen molar-refractivity contribution < 1.29 is 18.6 Å². The van der Waals surface area contributed by atoms with Crippen LogP contribution in [0.25, 0.3) is 17.0 Å². The zero-order chi connectivity index (χ0) is 25.1. The van der Waals surface area contributed by atoms with Gasteiger partial charge >= 0.3 is 0 Å². The van der Waals surface area contributed by atoms with Crippen molar-refractivity contribution in [3.8, 4) is 23.2 Å². The van der Waals surface area contributed by atoms with E-state index >= 15 is 0 Å². The molecular formula is C25H22FN7O3. The summed E-state index contributed by atoms with van der Waals surface area (Å²) in [6.07, 6.45) is 1.39. The van der Waals surface area contributed by atoms with Gasteiger partial charge in [-0.1, -0.05) is 18.2 Å². The summed E-state index contributed by atoms with van der Waals surface area (Å²) in [6.45, 7) is 0. The lowest BCUT2D eigenvalue weighted by Gasteiger charge is -2.15. The number of methoxy groups -OCH3 is 3. The minimum absolute atomic E-state index is 0.281. The van der Waals surface area contributed by atoms with Gasteiger partial charge in [-0.3, -0.25) is 0 Å². The first-order valence-corrected chi connectivity index (χ1v) is 10.9. The van der Waals surface area contributed by atoms with Crippen LogP contribution >= 0.6 is 0 Å². The summed E-state index contributed by atoms with van der Waals surface area (Å²) in [4.78, 5) is 17.9. The molecule has 2 aromatic heterocycles. The molecule has 0 aliphatic carbocycles. The first-order chi connectivity index (χ1) is 17.6. The molecule has 182 valence electrons. The van der Waals surface area contributed by atoms with Gasteiger partial charge < -0.3 is 24.8 Å². The summed E-state index contributed by atoms with van der Waals surface area (Å²) >= 11 is 0. The Bertz CT molecular complexity index is 1510. The Hall–Kier alpha value is -4.93. The third-order valence-corrected chi connectivity index (χ3v) is 5.32. The third-order valence-electron chi connectivity index (χ3n) is 5.32. The molecule has 0 bridgehead atoms. The minimum Gasteiger partial charge on any atom is -0.493 e. The fourth-order valence-corrected chi connectivity index (χ4v) is 3.75. The molecule has 3 aromatic carbocycles. The highest BCUT2D eigenvalue weighted by Gasteiger charge is 2.17. The maximum atomic E-state index is 13.8. The van der Waals surface area contributed by atoms with Gasteiger partial charge in [0.05, 0.1) is 32.4 Å². The Morgan fingerprint density at radius 3 is 2.28 bits per heavy atom. The van der Waals surface area contributed by atoms with E-state index in [4.69, 9.17) is 14.2 Å². The number of nitrogens with zero attached hydrogens (tertiary/aromatic N) is 5. The smallest absolute Gasteiger partial charge is 0.241 e. The van der Waals surface area contributed by atoms with Gasteiger partial charge in [0.2, 0.25) is 23.6 Å². The molecule has 0 atom stereocenters. The van der Waals surface area contributed by atoms with Gasteiger partial charge in [0.1, 0.15) is 12.1 Å². The lowest BCUT2D eigenvalue weighted by atomic mass is 10.2. The Labute approximate surface area is 205 Å². The van der Waals surface area contributed by atoms with Crippen molar-refractivity contribution in [2.45, 2.75) is 0 Å². The summed E-state index contributed by atoms with van der Waals surface area (Å²) < 4.78 is 31.7. The minimum atomic E-state index is -0.361. The Balaban J connectivity index is 1.55. The topological polar surface area (TPSA) is 108 Å². The number of ether oxygens (including phenoxy) is 3. The number of hydrogen-bond acceptors (Lipinski definition) is 9. The molecule has 0 aliphatic rings. The Morgan fingerprint density at radius 1 is 0.778 bits per heavy atom. The van der Waals surface area contributed by atoms with Crippen molar-refractivity contribution >= 4 is 34.3 Å². The van der Waals surface area contributed by atoms with Crippen LogP contribution < -0.4 is 24.8 Å². The van der Waals surface area contributed by atoms with Crippen molar-refractivity contribution in [3.05, 3.63) is 72.8 Å². The average molecular weight is 487 g/mol. The van der Waals surface area contributed by atoms with Gasteiger partial charge in [0.25, 0.3) is 0 Å². The Morgan fingerprint density at radius 2 is 1.56 bits per heavy atom. The number of hydrogen-bond donors (Lipinski definition) is 2.